The Morgan fingerprint density at radius 1 is 0.488 bits per heavy atom. The van der Waals surface area contributed by atoms with Gasteiger partial charge in [0, 0.05) is 89.8 Å². The Morgan fingerprint density at radius 3 is 1.42 bits per heavy atom. The van der Waals surface area contributed by atoms with E-state index >= 15 is 0 Å². The van der Waals surface area contributed by atoms with Gasteiger partial charge in [-0.2, -0.15) is 4.99 Å². The molecule has 10 N–H and O–H groups in total. The number of hydrogen-bond donors (Lipinski definition) is 8. The van der Waals surface area contributed by atoms with Crippen LogP contribution in [0, 0.1) is 23.3 Å². The van der Waals surface area contributed by atoms with E-state index < -0.39 is 6.04 Å². The number of fused-ring (bicyclic) bond motifs is 6. The standard InChI is InChI=1S/C60H66N12O12/c1-73-49-13-29(14-50(74-2)57(49)81-9)65-41-25-42(66-30-15-51(75-3)58(82-10)52(16-30)76-4)46-27-45(41)69-37-23-38(34(62)21-33(37)61)71-47-28-48(72-40-24-39(70-46)35(63)22-36(40)64)44(68-32-19-55(79-7)60(84-12)56(20-32)80-8)26-43(47)67-31-17-53(77-5)59(83-11)54(18-31)78-6/h13-24,27,43,62-63,65-68H,25-26,28,61,64H2,1-12H3/q+2. The first-order valence-electron chi connectivity index (χ1n) is 26.0. The van der Waals surface area contributed by atoms with Gasteiger partial charge in [0.15, 0.2) is 74.9 Å². The quantitative estimate of drug-likeness (QED) is 0.0303. The number of aliphatic imine (C=N–C) groups is 4. The molecule has 4 aromatic rings. The zero-order valence-corrected chi connectivity index (χ0v) is 48.5. The van der Waals surface area contributed by atoms with Gasteiger partial charge in [0.2, 0.25) is 28.7 Å². The van der Waals surface area contributed by atoms with E-state index in [4.69, 9.17) is 88.3 Å². The Hall–Kier alpha value is -10.5. The highest BCUT2D eigenvalue weighted by molar-refractivity contribution is 6.56. The van der Waals surface area contributed by atoms with Crippen molar-refractivity contribution in [1.82, 2.24) is 0 Å². The molecule has 4 aromatic carbocycles. The van der Waals surface area contributed by atoms with E-state index in [9.17, 15) is 10.8 Å². The molecule has 0 saturated heterocycles. The second kappa shape index (κ2) is 25.1. The molecule has 24 heteroatoms. The van der Waals surface area contributed by atoms with Crippen molar-refractivity contribution in [1.29, 1.82) is 10.8 Å². The molecular formula is C60H66N12O12+2. The first-order chi connectivity index (χ1) is 40.6. The fraction of sp³-hybridized carbons (Fsp3) is 0.267. The molecule has 0 fully saturated rings. The van der Waals surface area contributed by atoms with Crippen molar-refractivity contribution in [3.63, 3.8) is 0 Å². The Kier molecular flexibility index (Phi) is 17.4. The van der Waals surface area contributed by atoms with Gasteiger partial charge in [-0.05, 0) is 12.2 Å². The second-order valence-electron chi connectivity index (χ2n) is 18.9. The lowest BCUT2D eigenvalue weighted by molar-refractivity contribution is 0.324. The topological polar surface area (TPSA) is 308 Å². The number of rotatable bonds is 20. The third-order valence-electron chi connectivity index (χ3n) is 13.9. The Bertz CT molecular complexity index is 3550. The lowest BCUT2D eigenvalue weighted by atomic mass is 9.91. The van der Waals surface area contributed by atoms with Crippen molar-refractivity contribution in [2.75, 3.05) is 107 Å². The molecule has 9 rings (SSSR count). The highest BCUT2D eigenvalue weighted by atomic mass is 16.5. The lowest BCUT2D eigenvalue weighted by Crippen LogP contribution is -2.36. The maximum absolute atomic E-state index is 9.38. The predicted molar refractivity (Wildman–Crippen MR) is 324 cm³/mol. The number of methoxy groups -OCH3 is 12. The number of anilines is 4. The van der Waals surface area contributed by atoms with Crippen LogP contribution >= 0.6 is 0 Å². The number of nitrogens with one attached hydrogen (secondary N) is 6. The molecule has 0 saturated carbocycles. The zero-order chi connectivity index (χ0) is 59.9. The van der Waals surface area contributed by atoms with Gasteiger partial charge < -0.3 is 84.3 Å². The summed E-state index contributed by atoms with van der Waals surface area (Å²) < 4.78 is 68.8. The monoisotopic (exact) mass is 1150 g/mol. The van der Waals surface area contributed by atoms with E-state index in [1.807, 2.05) is 0 Å². The number of nitrogens with zero attached hydrogens (tertiary/aromatic N) is 4. The number of hydrogen-bond acceptors (Lipinski definition) is 24. The van der Waals surface area contributed by atoms with Crippen LogP contribution in [0.15, 0.2) is 138 Å². The SMILES string of the molecule is COc1cc(NC2=C3C=C(N=C4[CH+]C(=NC5=C(Nc6cc(OC)c(OC)c(OC)c6)CC(Nc6cc(OC)c(OC)c(OC)c6)C(=NC6=CC(=N3)C(N)=CC6=N)C5)C(N)=CC4=N)[C+](Nc3cc(OC)c(OC)c(OC)c3)C2)cc(OC)c1OC. The Labute approximate surface area is 486 Å². The smallest absolute Gasteiger partial charge is 0.250 e. The van der Waals surface area contributed by atoms with Crippen LogP contribution in [0.1, 0.15) is 19.3 Å². The molecule has 0 amide bonds. The first-order valence-corrected chi connectivity index (χ1v) is 26.0. The van der Waals surface area contributed by atoms with Crippen molar-refractivity contribution >= 4 is 57.0 Å². The third-order valence-corrected chi connectivity index (χ3v) is 13.9. The van der Waals surface area contributed by atoms with E-state index in [-0.39, 0.29) is 53.5 Å². The van der Waals surface area contributed by atoms with Gasteiger partial charge >= 0.3 is 0 Å². The van der Waals surface area contributed by atoms with Crippen molar-refractivity contribution < 1.29 is 56.8 Å². The Balaban J connectivity index is 1.29. The molecule has 4 aliphatic carbocycles. The maximum Gasteiger partial charge on any atom is 0.250 e. The van der Waals surface area contributed by atoms with Crippen molar-refractivity contribution in [2.24, 2.45) is 31.4 Å². The fourth-order valence-electron chi connectivity index (χ4n) is 9.88. The van der Waals surface area contributed by atoms with Gasteiger partial charge in [-0.3, -0.25) is 15.7 Å². The summed E-state index contributed by atoms with van der Waals surface area (Å²) in [6, 6.07) is 14.2. The molecule has 0 spiro atoms. The summed E-state index contributed by atoms with van der Waals surface area (Å²) >= 11 is 0. The largest absolute Gasteiger partial charge is 0.493 e. The third kappa shape index (κ3) is 11.8. The minimum absolute atomic E-state index is 0.00888. The number of ether oxygens (including phenoxy) is 12. The average molecular weight is 1150 g/mol. The van der Waals surface area contributed by atoms with Crippen LogP contribution in [0.3, 0.4) is 0 Å². The van der Waals surface area contributed by atoms with E-state index in [2.05, 4.69) is 21.3 Å². The van der Waals surface area contributed by atoms with Gasteiger partial charge in [0.05, 0.1) is 138 Å². The maximum atomic E-state index is 9.38. The van der Waals surface area contributed by atoms with Crippen LogP contribution in [-0.2, 0) is 0 Å². The fourth-order valence-corrected chi connectivity index (χ4v) is 9.88. The van der Waals surface area contributed by atoms with Gasteiger partial charge in [-0.1, -0.05) is 0 Å². The highest BCUT2D eigenvalue weighted by Crippen LogP contribution is 2.46. The van der Waals surface area contributed by atoms with Crippen LogP contribution in [-0.4, -0.2) is 126 Å². The molecule has 0 radical (unpaired) electrons. The minimum atomic E-state index is -0.598. The summed E-state index contributed by atoms with van der Waals surface area (Å²) in [6.45, 7) is 0. The van der Waals surface area contributed by atoms with Gasteiger partial charge in [0.1, 0.15) is 18.6 Å². The molecule has 1 heterocycles. The molecule has 1 aliphatic heterocycles. The Morgan fingerprint density at radius 2 is 0.940 bits per heavy atom. The highest BCUT2D eigenvalue weighted by Gasteiger charge is 2.39. The van der Waals surface area contributed by atoms with Crippen LogP contribution in [0.25, 0.3) is 0 Å². The summed E-state index contributed by atoms with van der Waals surface area (Å²) in [5.41, 5.74) is 20.5. The van der Waals surface area contributed by atoms with Crippen LogP contribution in [0.2, 0.25) is 0 Å². The number of benzene rings is 4. The molecular weight excluding hydrogens is 1080 g/mol. The van der Waals surface area contributed by atoms with Crippen LogP contribution in [0.5, 0.6) is 69.0 Å². The van der Waals surface area contributed by atoms with Crippen molar-refractivity contribution in [3.8, 4) is 69.0 Å². The molecule has 8 bridgehead atoms. The van der Waals surface area contributed by atoms with Crippen LogP contribution < -0.4 is 89.6 Å². The normalized spacial score (nSPS) is 16.5. The summed E-state index contributed by atoms with van der Waals surface area (Å²) in [6.07, 6.45) is 8.54. The molecule has 84 heavy (non-hydrogen) atoms. The molecule has 1 unspecified atom stereocenters. The van der Waals surface area contributed by atoms with E-state index in [1.54, 1.807) is 81.3 Å². The van der Waals surface area contributed by atoms with E-state index in [0.717, 1.165) is 0 Å². The summed E-state index contributed by atoms with van der Waals surface area (Å²) in [4.78, 5) is 21.1. The molecule has 1 atom stereocenters. The zero-order valence-electron chi connectivity index (χ0n) is 48.5. The molecule has 5 aliphatic rings. The van der Waals surface area contributed by atoms with E-state index in [1.165, 1.54) is 83.3 Å². The predicted octanol–water partition coefficient (Wildman–Crippen LogP) is 8.56. The number of allylic oxidation sites excluding steroid dienone is 6. The van der Waals surface area contributed by atoms with Crippen molar-refractivity contribution in [3.05, 3.63) is 131 Å². The van der Waals surface area contributed by atoms with Gasteiger partial charge in [-0.15, -0.1) is 0 Å². The van der Waals surface area contributed by atoms with Crippen molar-refractivity contribution in [2.45, 2.75) is 25.3 Å². The van der Waals surface area contributed by atoms with Gasteiger partial charge in [0.25, 0.3) is 5.70 Å². The van der Waals surface area contributed by atoms with Crippen LogP contribution in [0.4, 0.5) is 22.7 Å². The van der Waals surface area contributed by atoms with E-state index in [0.29, 0.717) is 143 Å². The summed E-state index contributed by atoms with van der Waals surface area (Å²) in [5, 5.41) is 33.2. The minimum Gasteiger partial charge on any atom is -0.493 e. The molecule has 24 nitrogen and oxygen atoms in total. The average Bonchev–Trinajstić information content (AvgIpc) is 3.69. The molecule has 436 valence electrons. The second-order valence-corrected chi connectivity index (χ2v) is 18.9. The first kappa shape index (κ1) is 58.1. The summed E-state index contributed by atoms with van der Waals surface area (Å²) in [7, 11) is 18.4. The van der Waals surface area contributed by atoms with Gasteiger partial charge in [-0.25, -0.2) is 15.4 Å². The number of nitrogens with two attached hydrogens (primary N) is 2. The molecule has 0 aromatic heterocycles. The lowest BCUT2D eigenvalue weighted by Gasteiger charge is -2.31. The summed E-state index contributed by atoms with van der Waals surface area (Å²) in [5.74, 6) is 4.84.